The lowest BCUT2D eigenvalue weighted by Crippen LogP contribution is -2.52. The molecule has 0 bridgehead atoms. The number of amides is 1. The number of rotatable bonds is 3. The number of carbonyl (C=O) groups is 1. The summed E-state index contributed by atoms with van der Waals surface area (Å²) in [6.07, 6.45) is -0.557. The summed E-state index contributed by atoms with van der Waals surface area (Å²) in [5.74, 6) is 0. The summed E-state index contributed by atoms with van der Waals surface area (Å²) in [7, 11) is 0. The highest BCUT2D eigenvalue weighted by atomic mass is 16.6. The molecule has 0 saturated carbocycles. The van der Waals surface area contributed by atoms with Gasteiger partial charge in [0.2, 0.25) is 0 Å². The first-order chi connectivity index (χ1) is 7.69. The first-order valence-corrected chi connectivity index (χ1v) is 5.60. The van der Waals surface area contributed by atoms with Gasteiger partial charge in [0, 0.05) is 19.1 Å². The van der Waals surface area contributed by atoms with Gasteiger partial charge >= 0.3 is 6.09 Å². The van der Waals surface area contributed by atoms with Crippen molar-refractivity contribution < 1.29 is 19.4 Å². The predicted molar refractivity (Wildman–Crippen MR) is 56.1 cm³/mol. The number of cyclic esters (lactones) is 1. The number of alkyl carbamates (subject to hydrolysis) is 1. The minimum atomic E-state index is -0.343. The summed E-state index contributed by atoms with van der Waals surface area (Å²) >= 11 is 0. The normalized spacial score (nSPS) is 35.9. The first-order valence-electron chi connectivity index (χ1n) is 5.60. The third-order valence-electron chi connectivity index (χ3n) is 3.02. The van der Waals surface area contributed by atoms with Gasteiger partial charge in [-0.3, -0.25) is 4.90 Å². The molecule has 3 unspecified atom stereocenters. The Morgan fingerprint density at radius 1 is 1.56 bits per heavy atom. The van der Waals surface area contributed by atoms with Gasteiger partial charge < -0.3 is 19.9 Å². The molecular weight excluding hydrogens is 212 g/mol. The highest BCUT2D eigenvalue weighted by Gasteiger charge is 2.31. The van der Waals surface area contributed by atoms with Crippen LogP contribution >= 0.6 is 0 Å². The number of nitrogens with zero attached hydrogens (tertiary/aromatic N) is 1. The van der Waals surface area contributed by atoms with Gasteiger partial charge in [-0.1, -0.05) is 0 Å². The summed E-state index contributed by atoms with van der Waals surface area (Å²) in [5, 5.41) is 11.7. The average molecular weight is 230 g/mol. The van der Waals surface area contributed by atoms with Crippen LogP contribution in [0.5, 0.6) is 0 Å². The molecule has 2 rings (SSSR count). The molecule has 2 saturated heterocycles. The number of ether oxygens (including phenoxy) is 2. The SMILES string of the molecule is CC1COC(CO)CN1CC1CNC(=O)O1. The van der Waals surface area contributed by atoms with Crippen LogP contribution in [0.25, 0.3) is 0 Å². The standard InChI is InChI=1S/C10H18N2O4/c1-7-6-15-9(5-13)4-12(7)3-8-2-11-10(14)16-8/h7-9,13H,2-6H2,1H3,(H,11,14). The number of hydrogen-bond acceptors (Lipinski definition) is 5. The molecule has 16 heavy (non-hydrogen) atoms. The van der Waals surface area contributed by atoms with Crippen LogP contribution in [0.1, 0.15) is 6.92 Å². The Bertz CT molecular complexity index is 261. The molecule has 0 radical (unpaired) electrons. The smallest absolute Gasteiger partial charge is 0.407 e. The second-order valence-electron chi connectivity index (χ2n) is 4.35. The van der Waals surface area contributed by atoms with E-state index in [0.29, 0.717) is 32.3 Å². The second-order valence-corrected chi connectivity index (χ2v) is 4.35. The van der Waals surface area contributed by atoms with E-state index in [-0.39, 0.29) is 24.9 Å². The van der Waals surface area contributed by atoms with Crippen molar-refractivity contribution in [3.8, 4) is 0 Å². The molecule has 92 valence electrons. The molecular formula is C10H18N2O4. The number of aliphatic hydroxyl groups is 1. The summed E-state index contributed by atoms with van der Waals surface area (Å²) in [6.45, 7) is 4.65. The van der Waals surface area contributed by atoms with Gasteiger partial charge in [0.15, 0.2) is 0 Å². The van der Waals surface area contributed by atoms with E-state index in [4.69, 9.17) is 14.6 Å². The molecule has 0 aliphatic carbocycles. The molecule has 0 aromatic carbocycles. The van der Waals surface area contributed by atoms with Crippen LogP contribution in [0.2, 0.25) is 0 Å². The third kappa shape index (κ3) is 2.63. The Morgan fingerprint density at radius 3 is 3.00 bits per heavy atom. The van der Waals surface area contributed by atoms with Crippen LogP contribution in [0.15, 0.2) is 0 Å². The number of morpholine rings is 1. The number of aliphatic hydroxyl groups excluding tert-OH is 1. The minimum absolute atomic E-state index is 0.0337. The monoisotopic (exact) mass is 230 g/mol. The number of nitrogens with one attached hydrogen (secondary N) is 1. The zero-order valence-corrected chi connectivity index (χ0v) is 9.39. The van der Waals surface area contributed by atoms with Crippen molar-refractivity contribution in [2.75, 3.05) is 32.8 Å². The fraction of sp³-hybridized carbons (Fsp3) is 0.900. The van der Waals surface area contributed by atoms with Crippen molar-refractivity contribution >= 4 is 6.09 Å². The molecule has 1 amide bonds. The van der Waals surface area contributed by atoms with E-state index in [0.717, 1.165) is 0 Å². The van der Waals surface area contributed by atoms with E-state index in [1.165, 1.54) is 0 Å². The first kappa shape index (κ1) is 11.6. The molecule has 0 aromatic rings. The van der Waals surface area contributed by atoms with Crippen LogP contribution in [0.3, 0.4) is 0 Å². The zero-order valence-electron chi connectivity index (χ0n) is 9.39. The minimum Gasteiger partial charge on any atom is -0.443 e. The highest BCUT2D eigenvalue weighted by Crippen LogP contribution is 2.13. The maximum atomic E-state index is 10.9. The van der Waals surface area contributed by atoms with Gasteiger partial charge in [0.25, 0.3) is 0 Å². The van der Waals surface area contributed by atoms with Crippen molar-refractivity contribution in [2.45, 2.75) is 25.2 Å². The third-order valence-corrected chi connectivity index (χ3v) is 3.02. The molecule has 2 aliphatic rings. The van der Waals surface area contributed by atoms with E-state index < -0.39 is 0 Å². The molecule has 6 heteroatoms. The Balaban J connectivity index is 1.84. The van der Waals surface area contributed by atoms with Crippen molar-refractivity contribution in [1.82, 2.24) is 10.2 Å². The summed E-state index contributed by atoms with van der Waals surface area (Å²) in [4.78, 5) is 13.1. The van der Waals surface area contributed by atoms with E-state index >= 15 is 0 Å². The van der Waals surface area contributed by atoms with Crippen LogP contribution in [-0.4, -0.2) is 67.2 Å². The molecule has 0 aromatic heterocycles. The zero-order chi connectivity index (χ0) is 11.5. The predicted octanol–water partition coefficient (Wildman–Crippen LogP) is -0.824. The van der Waals surface area contributed by atoms with Crippen molar-refractivity contribution in [3.63, 3.8) is 0 Å². The van der Waals surface area contributed by atoms with E-state index in [1.54, 1.807) is 0 Å². The molecule has 2 N–H and O–H groups in total. The van der Waals surface area contributed by atoms with Gasteiger partial charge in [-0.2, -0.15) is 0 Å². The molecule has 3 atom stereocenters. The number of hydrogen-bond donors (Lipinski definition) is 2. The Hall–Kier alpha value is -0.850. The van der Waals surface area contributed by atoms with Crippen molar-refractivity contribution in [3.05, 3.63) is 0 Å². The Kier molecular flexibility index (Phi) is 3.63. The summed E-state index contributed by atoms with van der Waals surface area (Å²) in [5.41, 5.74) is 0. The van der Waals surface area contributed by atoms with Crippen LogP contribution < -0.4 is 5.32 Å². The second kappa shape index (κ2) is 4.99. The van der Waals surface area contributed by atoms with Gasteiger partial charge in [-0.25, -0.2) is 4.79 Å². The fourth-order valence-corrected chi connectivity index (χ4v) is 2.04. The average Bonchev–Trinajstić information content (AvgIpc) is 2.67. The maximum Gasteiger partial charge on any atom is 0.407 e. The Labute approximate surface area is 94.5 Å². The molecule has 0 spiro atoms. The van der Waals surface area contributed by atoms with Crippen molar-refractivity contribution in [2.24, 2.45) is 0 Å². The van der Waals surface area contributed by atoms with Gasteiger partial charge in [-0.05, 0) is 6.92 Å². The van der Waals surface area contributed by atoms with Gasteiger partial charge in [-0.15, -0.1) is 0 Å². The van der Waals surface area contributed by atoms with Crippen molar-refractivity contribution in [1.29, 1.82) is 0 Å². The van der Waals surface area contributed by atoms with E-state index in [1.807, 2.05) is 0 Å². The summed E-state index contributed by atoms with van der Waals surface area (Å²) < 4.78 is 10.5. The largest absolute Gasteiger partial charge is 0.443 e. The van der Waals surface area contributed by atoms with E-state index in [2.05, 4.69) is 17.1 Å². The lowest BCUT2D eigenvalue weighted by Gasteiger charge is -2.38. The van der Waals surface area contributed by atoms with Gasteiger partial charge in [0.05, 0.1) is 25.9 Å². The van der Waals surface area contributed by atoms with Crippen LogP contribution in [0.4, 0.5) is 4.79 Å². The van der Waals surface area contributed by atoms with E-state index in [9.17, 15) is 4.79 Å². The van der Waals surface area contributed by atoms with Crippen LogP contribution in [0, 0.1) is 0 Å². The number of carbonyl (C=O) groups excluding carboxylic acids is 1. The summed E-state index contributed by atoms with van der Waals surface area (Å²) in [6, 6.07) is 0.294. The Morgan fingerprint density at radius 2 is 2.38 bits per heavy atom. The topological polar surface area (TPSA) is 71.0 Å². The molecule has 2 aliphatic heterocycles. The molecule has 6 nitrogen and oxygen atoms in total. The highest BCUT2D eigenvalue weighted by molar-refractivity contribution is 5.69. The molecule has 2 heterocycles. The lowest BCUT2D eigenvalue weighted by molar-refractivity contribution is -0.0846. The maximum absolute atomic E-state index is 10.9. The van der Waals surface area contributed by atoms with Gasteiger partial charge in [0.1, 0.15) is 6.10 Å². The quantitative estimate of drug-likeness (QED) is 0.662. The molecule has 2 fully saturated rings. The lowest BCUT2D eigenvalue weighted by atomic mass is 10.2. The van der Waals surface area contributed by atoms with Crippen LogP contribution in [-0.2, 0) is 9.47 Å². The fourth-order valence-electron chi connectivity index (χ4n) is 2.04.